The average Bonchev–Trinajstić information content (AvgIpc) is 3.53. The number of fused-ring (bicyclic) bond motifs is 4. The molecule has 0 aliphatic rings. The molecule has 0 unspecified atom stereocenters. The summed E-state index contributed by atoms with van der Waals surface area (Å²) in [5, 5.41) is 9.47. The van der Waals surface area contributed by atoms with Crippen LogP contribution in [0.1, 0.15) is 0 Å². The number of benzene rings is 13. The fraction of sp³-hybridized carbons (Fsp3) is 0. The summed E-state index contributed by atoms with van der Waals surface area (Å²) in [5.74, 6) is 1.79. The van der Waals surface area contributed by atoms with Gasteiger partial charge in [-0.05, 0) is 128 Å². The summed E-state index contributed by atoms with van der Waals surface area (Å²) < 4.78 is 0. The van der Waals surface area contributed by atoms with E-state index < -0.39 is 0 Å². The Kier molecular flexibility index (Phi) is 11.2. The lowest BCUT2D eigenvalue weighted by atomic mass is 9.83. The zero-order valence-electron chi connectivity index (χ0n) is 41.5. The number of hydrogen-bond donors (Lipinski definition) is 0. The largest absolute Gasteiger partial charge is 0.208 e. The zero-order valence-corrected chi connectivity index (χ0v) is 41.5. The van der Waals surface area contributed by atoms with Crippen LogP contribution in [0.3, 0.4) is 0 Å². The Hall–Kier alpha value is -10.1. The molecule has 13 aromatic carbocycles. The van der Waals surface area contributed by atoms with Gasteiger partial charge in [-0.3, -0.25) is 0 Å². The molecular weight excluding hydrogens is 919 g/mol. The Balaban J connectivity index is 1.06. The van der Waals surface area contributed by atoms with Crippen molar-refractivity contribution in [2.75, 3.05) is 0 Å². The van der Waals surface area contributed by atoms with E-state index in [1.807, 2.05) is 12.1 Å². The summed E-state index contributed by atoms with van der Waals surface area (Å²) in [6.45, 7) is 0. The highest BCUT2D eigenvalue weighted by atomic mass is 15.0. The Morgan fingerprint density at radius 1 is 0.145 bits per heavy atom. The molecular formula is C73H47N3. The standard InChI is InChI=1S/C73H47N3/c1-5-21-48(22-6-1)50-37-41-54(42-38-50)71-74-72(55-43-39-51(40-44-55)49-23-7-2-8-24-49)76-73(75-71)58-46-56(69-63-33-17-13-29-59(63)67(52-25-9-3-10-26-52)60-30-14-18-34-64(60)69)45-57(47-58)70-65-35-19-15-31-61(65)68(53-27-11-4-12-28-53)62-32-16-20-36-66(62)70/h1-47H. The summed E-state index contributed by atoms with van der Waals surface area (Å²) in [6.07, 6.45) is 0. The van der Waals surface area contributed by atoms with Crippen molar-refractivity contribution >= 4 is 43.1 Å². The first-order valence-corrected chi connectivity index (χ1v) is 25.9. The predicted octanol–water partition coefficient (Wildman–Crippen LogP) is 19.5. The summed E-state index contributed by atoms with van der Waals surface area (Å²) in [4.78, 5) is 16.2. The third kappa shape index (κ3) is 7.99. The Bertz CT molecular complexity index is 4060. The van der Waals surface area contributed by atoms with Crippen molar-refractivity contribution in [3.63, 3.8) is 0 Å². The highest BCUT2D eigenvalue weighted by molar-refractivity contribution is 6.24. The first-order valence-electron chi connectivity index (χ1n) is 25.9. The fourth-order valence-electron chi connectivity index (χ4n) is 11.4. The van der Waals surface area contributed by atoms with Crippen LogP contribution in [-0.4, -0.2) is 15.0 Å². The van der Waals surface area contributed by atoms with Crippen LogP contribution in [0.4, 0.5) is 0 Å². The number of rotatable bonds is 9. The highest BCUT2D eigenvalue weighted by Gasteiger charge is 2.23. The van der Waals surface area contributed by atoms with Crippen LogP contribution in [0.5, 0.6) is 0 Å². The predicted molar refractivity (Wildman–Crippen MR) is 319 cm³/mol. The van der Waals surface area contributed by atoms with E-state index in [-0.39, 0.29) is 0 Å². The van der Waals surface area contributed by atoms with Gasteiger partial charge in [0.05, 0.1) is 0 Å². The van der Waals surface area contributed by atoms with Crippen LogP contribution in [0.25, 0.3) is 144 Å². The Morgan fingerprint density at radius 3 is 0.632 bits per heavy atom. The summed E-state index contributed by atoms with van der Waals surface area (Å²) in [5.41, 5.74) is 16.6. The van der Waals surface area contributed by atoms with Crippen molar-refractivity contribution < 1.29 is 0 Å². The van der Waals surface area contributed by atoms with Crippen molar-refractivity contribution in [3.8, 4) is 101 Å². The number of nitrogens with zero attached hydrogens (tertiary/aromatic N) is 3. The smallest absolute Gasteiger partial charge is 0.164 e. The highest BCUT2D eigenvalue weighted by Crippen LogP contribution is 2.48. The van der Waals surface area contributed by atoms with Gasteiger partial charge in [-0.15, -0.1) is 0 Å². The molecule has 76 heavy (non-hydrogen) atoms. The van der Waals surface area contributed by atoms with Gasteiger partial charge in [-0.2, -0.15) is 0 Å². The molecule has 354 valence electrons. The van der Waals surface area contributed by atoms with Gasteiger partial charge < -0.3 is 0 Å². The zero-order chi connectivity index (χ0) is 50.4. The minimum absolute atomic E-state index is 0.589. The third-order valence-corrected chi connectivity index (χ3v) is 14.9. The van der Waals surface area contributed by atoms with Gasteiger partial charge in [0, 0.05) is 16.7 Å². The van der Waals surface area contributed by atoms with Crippen LogP contribution in [0, 0.1) is 0 Å². The summed E-state index contributed by atoms with van der Waals surface area (Å²) in [7, 11) is 0. The second kappa shape index (κ2) is 19.1. The van der Waals surface area contributed by atoms with E-state index in [4.69, 9.17) is 15.0 Å². The van der Waals surface area contributed by atoms with Crippen LogP contribution in [0.15, 0.2) is 285 Å². The van der Waals surface area contributed by atoms with Crippen molar-refractivity contribution in [2.24, 2.45) is 0 Å². The molecule has 0 aliphatic heterocycles. The van der Waals surface area contributed by atoms with Gasteiger partial charge in [0.1, 0.15) is 0 Å². The van der Waals surface area contributed by atoms with Gasteiger partial charge in [-0.25, -0.2) is 15.0 Å². The molecule has 0 saturated heterocycles. The lowest BCUT2D eigenvalue weighted by molar-refractivity contribution is 1.07. The minimum Gasteiger partial charge on any atom is -0.208 e. The molecule has 3 nitrogen and oxygen atoms in total. The molecule has 0 fully saturated rings. The molecule has 0 spiro atoms. The van der Waals surface area contributed by atoms with Crippen LogP contribution in [0.2, 0.25) is 0 Å². The second-order valence-electron chi connectivity index (χ2n) is 19.4. The first-order chi connectivity index (χ1) is 37.7. The normalized spacial score (nSPS) is 11.4. The van der Waals surface area contributed by atoms with Gasteiger partial charge in [-0.1, -0.05) is 267 Å². The lowest BCUT2D eigenvalue weighted by Crippen LogP contribution is -2.01. The maximum atomic E-state index is 5.47. The Labute approximate surface area is 441 Å². The minimum atomic E-state index is 0.589. The molecule has 0 N–H and O–H groups in total. The van der Waals surface area contributed by atoms with E-state index >= 15 is 0 Å². The molecule has 0 radical (unpaired) electrons. The maximum absolute atomic E-state index is 5.47. The van der Waals surface area contributed by atoms with Gasteiger partial charge in [0.2, 0.25) is 0 Å². The fourth-order valence-corrected chi connectivity index (χ4v) is 11.4. The molecule has 0 atom stereocenters. The molecule has 1 heterocycles. The molecule has 0 saturated carbocycles. The van der Waals surface area contributed by atoms with Crippen molar-refractivity contribution in [1.82, 2.24) is 15.0 Å². The van der Waals surface area contributed by atoms with E-state index in [1.54, 1.807) is 0 Å². The van der Waals surface area contributed by atoms with Crippen molar-refractivity contribution in [2.45, 2.75) is 0 Å². The monoisotopic (exact) mass is 965 g/mol. The van der Waals surface area contributed by atoms with Crippen molar-refractivity contribution in [3.05, 3.63) is 285 Å². The quantitative estimate of drug-likeness (QED) is 0.135. The van der Waals surface area contributed by atoms with Gasteiger partial charge in [0.25, 0.3) is 0 Å². The van der Waals surface area contributed by atoms with Gasteiger partial charge >= 0.3 is 0 Å². The topological polar surface area (TPSA) is 38.7 Å². The third-order valence-electron chi connectivity index (χ3n) is 14.9. The maximum Gasteiger partial charge on any atom is 0.164 e. The molecule has 0 bridgehead atoms. The van der Waals surface area contributed by atoms with E-state index in [2.05, 4.69) is 273 Å². The van der Waals surface area contributed by atoms with Crippen LogP contribution in [-0.2, 0) is 0 Å². The molecule has 3 heteroatoms. The summed E-state index contributed by atoms with van der Waals surface area (Å²) in [6, 6.07) is 102. The molecule has 0 aliphatic carbocycles. The molecule has 0 amide bonds. The van der Waals surface area contributed by atoms with Crippen LogP contribution >= 0.6 is 0 Å². The lowest BCUT2D eigenvalue weighted by Gasteiger charge is -2.21. The van der Waals surface area contributed by atoms with E-state index in [0.29, 0.717) is 17.5 Å². The van der Waals surface area contributed by atoms with Crippen LogP contribution < -0.4 is 0 Å². The molecule has 14 aromatic rings. The van der Waals surface area contributed by atoms with E-state index in [1.165, 1.54) is 65.3 Å². The number of aromatic nitrogens is 3. The average molecular weight is 966 g/mol. The molecule has 1 aromatic heterocycles. The SMILES string of the molecule is c1ccc(-c2ccc(-c3nc(-c4ccc(-c5ccccc5)cc4)nc(-c4cc(-c5c6ccccc6c(-c6ccccc6)c6ccccc56)cc(-c5c6ccccc6c(-c6ccccc6)c6ccccc56)c4)n3)cc2)cc1. The first kappa shape index (κ1) is 44.6. The second-order valence-corrected chi connectivity index (χ2v) is 19.4. The van der Waals surface area contributed by atoms with E-state index in [0.717, 1.165) is 61.2 Å². The van der Waals surface area contributed by atoms with Crippen molar-refractivity contribution in [1.29, 1.82) is 0 Å². The van der Waals surface area contributed by atoms with Gasteiger partial charge in [0.15, 0.2) is 17.5 Å². The molecule has 14 rings (SSSR count). The van der Waals surface area contributed by atoms with E-state index in [9.17, 15) is 0 Å². The summed E-state index contributed by atoms with van der Waals surface area (Å²) >= 11 is 0. The Morgan fingerprint density at radius 2 is 0.342 bits per heavy atom. The number of hydrogen-bond acceptors (Lipinski definition) is 3.